The van der Waals surface area contributed by atoms with Crippen LogP contribution >= 0.6 is 11.3 Å². The Kier molecular flexibility index (Phi) is 4.08. The van der Waals surface area contributed by atoms with Crippen LogP contribution in [0.15, 0.2) is 42.7 Å². The van der Waals surface area contributed by atoms with Crippen molar-refractivity contribution in [1.82, 2.24) is 19.7 Å². The van der Waals surface area contributed by atoms with Crippen LogP contribution in [0.25, 0.3) is 0 Å². The van der Waals surface area contributed by atoms with E-state index in [1.807, 2.05) is 41.1 Å². The molecule has 0 aliphatic rings. The lowest BCUT2D eigenvalue weighted by atomic mass is 10.1. The van der Waals surface area contributed by atoms with Gasteiger partial charge in [-0.25, -0.2) is 4.98 Å². The quantitative estimate of drug-likeness (QED) is 0.786. The topological polar surface area (TPSA) is 63.8 Å². The van der Waals surface area contributed by atoms with Crippen molar-refractivity contribution in [3.05, 3.63) is 64.1 Å². The molecule has 2 aromatic heterocycles. The summed E-state index contributed by atoms with van der Waals surface area (Å²) in [4.78, 5) is 4.29. The zero-order chi connectivity index (χ0) is 14.7. The number of rotatable bonds is 5. The number of imidazole rings is 1. The third-order valence-corrected chi connectivity index (χ3v) is 4.28. The van der Waals surface area contributed by atoms with E-state index in [0.29, 0.717) is 12.4 Å². The SMILES string of the molecule is CCc1nnc(Cn2ccnc2C(O)c2ccccc2)s1. The van der Waals surface area contributed by atoms with Crippen LogP contribution in [0.1, 0.15) is 34.4 Å². The number of aliphatic hydroxyl groups is 1. The van der Waals surface area contributed by atoms with Gasteiger partial charge in [0.15, 0.2) is 0 Å². The second kappa shape index (κ2) is 6.15. The number of hydrogen-bond acceptors (Lipinski definition) is 5. The highest BCUT2D eigenvalue weighted by molar-refractivity contribution is 7.11. The standard InChI is InChI=1S/C15H16N4OS/c1-2-12-17-18-13(21-12)10-19-9-8-16-15(19)14(20)11-6-4-3-5-7-11/h3-9,14,20H,2,10H2,1H3. The third-order valence-electron chi connectivity index (χ3n) is 3.22. The molecule has 1 unspecified atom stereocenters. The number of benzene rings is 1. The molecule has 1 aromatic carbocycles. The summed E-state index contributed by atoms with van der Waals surface area (Å²) < 4.78 is 1.91. The maximum atomic E-state index is 10.5. The molecular weight excluding hydrogens is 284 g/mol. The zero-order valence-corrected chi connectivity index (χ0v) is 12.5. The summed E-state index contributed by atoms with van der Waals surface area (Å²) in [6, 6.07) is 9.53. The molecule has 6 heteroatoms. The average Bonchev–Trinajstić information content (AvgIpc) is 3.17. The van der Waals surface area contributed by atoms with E-state index in [4.69, 9.17) is 0 Å². The predicted octanol–water partition coefficient (Wildman–Crippen LogP) is 2.43. The lowest BCUT2D eigenvalue weighted by Gasteiger charge is -2.12. The third kappa shape index (κ3) is 3.01. The van der Waals surface area contributed by atoms with E-state index in [-0.39, 0.29) is 0 Å². The molecule has 0 saturated heterocycles. The molecule has 0 aliphatic carbocycles. The highest BCUT2D eigenvalue weighted by Crippen LogP contribution is 2.21. The van der Waals surface area contributed by atoms with Crippen molar-refractivity contribution in [1.29, 1.82) is 0 Å². The number of nitrogens with zero attached hydrogens (tertiary/aromatic N) is 4. The second-order valence-electron chi connectivity index (χ2n) is 4.67. The summed E-state index contributed by atoms with van der Waals surface area (Å²) in [5.74, 6) is 0.620. The van der Waals surface area contributed by atoms with Gasteiger partial charge in [0, 0.05) is 12.4 Å². The van der Waals surface area contributed by atoms with Gasteiger partial charge in [0.1, 0.15) is 21.9 Å². The van der Waals surface area contributed by atoms with Crippen molar-refractivity contribution < 1.29 is 5.11 Å². The molecule has 0 fully saturated rings. The molecule has 5 nitrogen and oxygen atoms in total. The lowest BCUT2D eigenvalue weighted by molar-refractivity contribution is 0.205. The van der Waals surface area contributed by atoms with Crippen LogP contribution in [0.5, 0.6) is 0 Å². The van der Waals surface area contributed by atoms with Crippen LogP contribution in [0.2, 0.25) is 0 Å². The second-order valence-corrected chi connectivity index (χ2v) is 5.82. The normalized spacial score (nSPS) is 12.5. The summed E-state index contributed by atoms with van der Waals surface area (Å²) in [6.07, 6.45) is 3.71. The highest BCUT2D eigenvalue weighted by atomic mass is 32.1. The van der Waals surface area contributed by atoms with Crippen LogP contribution in [0.4, 0.5) is 0 Å². The van der Waals surface area contributed by atoms with Gasteiger partial charge in [-0.15, -0.1) is 10.2 Å². The molecule has 2 heterocycles. The van der Waals surface area contributed by atoms with Crippen LogP contribution in [0, 0.1) is 0 Å². The summed E-state index contributed by atoms with van der Waals surface area (Å²) in [6.45, 7) is 2.64. The molecule has 0 spiro atoms. The van der Waals surface area contributed by atoms with E-state index in [1.165, 1.54) is 0 Å². The maximum absolute atomic E-state index is 10.5. The number of hydrogen-bond donors (Lipinski definition) is 1. The first-order valence-electron chi connectivity index (χ1n) is 6.83. The van der Waals surface area contributed by atoms with Gasteiger partial charge in [-0.05, 0) is 12.0 Å². The monoisotopic (exact) mass is 300 g/mol. The van der Waals surface area contributed by atoms with Gasteiger partial charge in [-0.2, -0.15) is 0 Å². The Hall–Kier alpha value is -2.05. The Balaban J connectivity index is 1.83. The number of aliphatic hydroxyl groups excluding tert-OH is 1. The number of aromatic nitrogens is 4. The van der Waals surface area contributed by atoms with Gasteiger partial charge in [-0.1, -0.05) is 48.6 Å². The van der Waals surface area contributed by atoms with Gasteiger partial charge < -0.3 is 9.67 Å². The van der Waals surface area contributed by atoms with Crippen molar-refractivity contribution in [2.75, 3.05) is 0 Å². The Bertz CT molecular complexity index is 707. The average molecular weight is 300 g/mol. The van der Waals surface area contributed by atoms with Gasteiger partial charge in [0.05, 0.1) is 6.54 Å². The van der Waals surface area contributed by atoms with E-state index in [9.17, 15) is 5.11 Å². The lowest BCUT2D eigenvalue weighted by Crippen LogP contribution is -2.10. The molecule has 0 amide bonds. The molecule has 0 saturated carbocycles. The summed E-state index contributed by atoms with van der Waals surface area (Å²) in [7, 11) is 0. The van der Waals surface area contributed by atoms with Gasteiger partial charge >= 0.3 is 0 Å². The predicted molar refractivity (Wildman–Crippen MR) is 81.1 cm³/mol. The molecule has 21 heavy (non-hydrogen) atoms. The first-order chi connectivity index (χ1) is 10.3. The van der Waals surface area contributed by atoms with E-state index in [0.717, 1.165) is 22.0 Å². The molecule has 3 rings (SSSR count). The Morgan fingerprint density at radius 3 is 2.67 bits per heavy atom. The minimum Gasteiger partial charge on any atom is -0.380 e. The van der Waals surface area contributed by atoms with Crippen molar-refractivity contribution in [3.8, 4) is 0 Å². The van der Waals surface area contributed by atoms with E-state index < -0.39 is 6.10 Å². The van der Waals surface area contributed by atoms with Crippen molar-refractivity contribution in [2.24, 2.45) is 0 Å². The van der Waals surface area contributed by atoms with E-state index in [2.05, 4.69) is 22.1 Å². The summed E-state index contributed by atoms with van der Waals surface area (Å²) in [5.41, 5.74) is 0.830. The molecular formula is C15H16N4OS. The molecule has 1 atom stereocenters. The van der Waals surface area contributed by atoms with Crippen molar-refractivity contribution >= 4 is 11.3 Å². The fourth-order valence-electron chi connectivity index (χ4n) is 2.13. The molecule has 0 bridgehead atoms. The van der Waals surface area contributed by atoms with Gasteiger partial charge in [-0.3, -0.25) is 0 Å². The highest BCUT2D eigenvalue weighted by Gasteiger charge is 2.16. The Morgan fingerprint density at radius 2 is 1.95 bits per heavy atom. The van der Waals surface area contributed by atoms with Gasteiger partial charge in [0.25, 0.3) is 0 Å². The molecule has 0 radical (unpaired) electrons. The zero-order valence-electron chi connectivity index (χ0n) is 11.7. The molecule has 1 N–H and O–H groups in total. The summed E-state index contributed by atoms with van der Waals surface area (Å²) >= 11 is 1.59. The fraction of sp³-hybridized carbons (Fsp3) is 0.267. The van der Waals surface area contributed by atoms with Crippen LogP contribution in [0.3, 0.4) is 0 Å². The fourth-order valence-corrected chi connectivity index (χ4v) is 2.91. The smallest absolute Gasteiger partial charge is 0.142 e. The first-order valence-corrected chi connectivity index (χ1v) is 7.65. The van der Waals surface area contributed by atoms with Crippen molar-refractivity contribution in [3.63, 3.8) is 0 Å². The molecule has 0 aliphatic heterocycles. The van der Waals surface area contributed by atoms with Crippen LogP contribution in [-0.2, 0) is 13.0 Å². The first kappa shape index (κ1) is 13.9. The largest absolute Gasteiger partial charge is 0.380 e. The Morgan fingerprint density at radius 1 is 1.19 bits per heavy atom. The van der Waals surface area contributed by atoms with Gasteiger partial charge in [0.2, 0.25) is 0 Å². The summed E-state index contributed by atoms with van der Waals surface area (Å²) in [5, 5.41) is 20.7. The maximum Gasteiger partial charge on any atom is 0.142 e. The van der Waals surface area contributed by atoms with Crippen molar-refractivity contribution in [2.45, 2.75) is 26.0 Å². The van der Waals surface area contributed by atoms with E-state index in [1.54, 1.807) is 17.5 Å². The minimum absolute atomic E-state index is 0.580. The Labute approximate surface area is 126 Å². The minimum atomic E-state index is -0.736. The van der Waals surface area contributed by atoms with E-state index >= 15 is 0 Å². The van der Waals surface area contributed by atoms with Crippen LogP contribution < -0.4 is 0 Å². The number of aryl methyl sites for hydroxylation is 1. The molecule has 108 valence electrons. The van der Waals surface area contributed by atoms with Crippen LogP contribution in [-0.4, -0.2) is 24.9 Å². The molecule has 3 aromatic rings.